The first-order valence-electron chi connectivity index (χ1n) is 6.50. The summed E-state index contributed by atoms with van der Waals surface area (Å²) in [6.07, 6.45) is 5.23. The Morgan fingerprint density at radius 3 is 3.05 bits per heavy atom. The van der Waals surface area contributed by atoms with Crippen LogP contribution in [0, 0.1) is 0 Å². The zero-order chi connectivity index (χ0) is 13.1. The zero-order valence-corrected chi connectivity index (χ0v) is 12.2. The molecule has 98 valence electrons. The Kier molecular flexibility index (Phi) is 3.80. The molecule has 2 N–H and O–H groups in total. The van der Waals surface area contributed by atoms with Crippen molar-refractivity contribution in [1.29, 1.82) is 0 Å². The van der Waals surface area contributed by atoms with Crippen LogP contribution in [-0.4, -0.2) is 24.6 Å². The average Bonchev–Trinajstić information content (AvgIpc) is 2.47. The van der Waals surface area contributed by atoms with Gasteiger partial charge in [0.05, 0.1) is 0 Å². The molecule has 0 spiro atoms. The van der Waals surface area contributed by atoms with E-state index in [2.05, 4.69) is 49.8 Å². The average molecular weight is 318 g/mol. The number of pyridine rings is 1. The van der Waals surface area contributed by atoms with Gasteiger partial charge in [-0.25, -0.2) is 4.98 Å². The minimum atomic E-state index is 0.875. The highest BCUT2D eigenvalue weighted by atomic mass is 79.9. The Labute approximate surface area is 121 Å². The van der Waals surface area contributed by atoms with Crippen molar-refractivity contribution in [2.75, 3.05) is 25.0 Å². The number of fused-ring (bicyclic) bond motifs is 1. The van der Waals surface area contributed by atoms with E-state index >= 15 is 0 Å². The van der Waals surface area contributed by atoms with Crippen LogP contribution in [0.1, 0.15) is 6.42 Å². The lowest BCUT2D eigenvalue weighted by Gasteiger charge is -2.15. The fourth-order valence-electron chi connectivity index (χ4n) is 2.34. The predicted octanol–water partition coefficient (Wildman–Crippen LogP) is 3.33. The molecule has 0 fully saturated rings. The van der Waals surface area contributed by atoms with E-state index in [9.17, 15) is 0 Å². The molecule has 0 amide bonds. The standard InChI is InChI=1S/C15H16BrN3/c16-14-3-1-2-13-12(14)6-9-18-15(13)19-10-11-4-7-17-8-5-11/h1-4,6,9,17H,5,7-8,10H2,(H,18,19). The van der Waals surface area contributed by atoms with Gasteiger partial charge < -0.3 is 10.6 Å². The number of hydrogen-bond acceptors (Lipinski definition) is 3. The minimum Gasteiger partial charge on any atom is -0.366 e. The number of nitrogens with zero attached hydrogens (tertiary/aromatic N) is 1. The lowest BCUT2D eigenvalue weighted by Crippen LogP contribution is -2.23. The normalized spacial score (nSPS) is 15.3. The molecule has 2 heterocycles. The highest BCUT2D eigenvalue weighted by Crippen LogP contribution is 2.27. The lowest BCUT2D eigenvalue weighted by molar-refractivity contribution is 0.698. The number of aromatic nitrogens is 1. The second-order valence-corrected chi connectivity index (χ2v) is 5.52. The topological polar surface area (TPSA) is 37.0 Å². The van der Waals surface area contributed by atoms with Crippen molar-refractivity contribution in [1.82, 2.24) is 10.3 Å². The third-order valence-electron chi connectivity index (χ3n) is 3.39. The molecule has 0 aliphatic carbocycles. The summed E-state index contributed by atoms with van der Waals surface area (Å²) in [5, 5.41) is 9.13. The van der Waals surface area contributed by atoms with Crippen molar-refractivity contribution in [2.45, 2.75) is 6.42 Å². The molecule has 1 aromatic heterocycles. The van der Waals surface area contributed by atoms with Crippen molar-refractivity contribution in [3.8, 4) is 0 Å². The van der Waals surface area contributed by atoms with Gasteiger partial charge in [0.2, 0.25) is 0 Å². The van der Waals surface area contributed by atoms with Gasteiger partial charge in [-0.05, 0) is 25.1 Å². The van der Waals surface area contributed by atoms with Crippen LogP contribution in [0.3, 0.4) is 0 Å². The predicted molar refractivity (Wildman–Crippen MR) is 83.5 cm³/mol. The van der Waals surface area contributed by atoms with Crippen LogP contribution in [0.5, 0.6) is 0 Å². The maximum absolute atomic E-state index is 4.46. The van der Waals surface area contributed by atoms with Crippen LogP contribution in [0.4, 0.5) is 5.82 Å². The van der Waals surface area contributed by atoms with Crippen LogP contribution in [0.2, 0.25) is 0 Å². The van der Waals surface area contributed by atoms with Gasteiger partial charge in [0.15, 0.2) is 0 Å². The third-order valence-corrected chi connectivity index (χ3v) is 4.09. The maximum Gasteiger partial charge on any atom is 0.134 e. The maximum atomic E-state index is 4.46. The number of halogens is 1. The molecule has 3 rings (SSSR count). The van der Waals surface area contributed by atoms with E-state index in [0.717, 1.165) is 41.7 Å². The van der Waals surface area contributed by atoms with Gasteiger partial charge in [0.25, 0.3) is 0 Å². The van der Waals surface area contributed by atoms with Gasteiger partial charge in [-0.2, -0.15) is 0 Å². The van der Waals surface area contributed by atoms with Gasteiger partial charge in [-0.1, -0.05) is 39.7 Å². The number of anilines is 1. The summed E-state index contributed by atoms with van der Waals surface area (Å²) in [6.45, 7) is 2.92. The van der Waals surface area contributed by atoms with Crippen LogP contribution >= 0.6 is 15.9 Å². The van der Waals surface area contributed by atoms with Crippen LogP contribution < -0.4 is 10.6 Å². The van der Waals surface area contributed by atoms with Gasteiger partial charge in [-0.15, -0.1) is 0 Å². The van der Waals surface area contributed by atoms with E-state index in [1.165, 1.54) is 11.0 Å². The van der Waals surface area contributed by atoms with Gasteiger partial charge >= 0.3 is 0 Å². The molecule has 2 aromatic rings. The molecule has 3 nitrogen and oxygen atoms in total. The first kappa shape index (κ1) is 12.6. The molecule has 0 atom stereocenters. The summed E-state index contributed by atoms with van der Waals surface area (Å²) < 4.78 is 1.11. The molecule has 19 heavy (non-hydrogen) atoms. The number of benzene rings is 1. The Balaban J connectivity index is 1.84. The first-order chi connectivity index (χ1) is 9.34. The van der Waals surface area contributed by atoms with Crippen molar-refractivity contribution in [3.05, 3.63) is 46.6 Å². The molecule has 0 saturated carbocycles. The fraction of sp³-hybridized carbons (Fsp3) is 0.267. The fourth-order valence-corrected chi connectivity index (χ4v) is 2.84. The second-order valence-electron chi connectivity index (χ2n) is 4.66. The molecule has 1 aliphatic heterocycles. The number of nitrogens with one attached hydrogen (secondary N) is 2. The number of hydrogen-bond donors (Lipinski definition) is 2. The molecular formula is C15H16BrN3. The second kappa shape index (κ2) is 5.72. The molecule has 4 heteroatoms. The highest BCUT2D eigenvalue weighted by molar-refractivity contribution is 9.10. The first-order valence-corrected chi connectivity index (χ1v) is 7.29. The Morgan fingerprint density at radius 2 is 2.21 bits per heavy atom. The summed E-state index contributed by atoms with van der Waals surface area (Å²) in [4.78, 5) is 4.46. The van der Waals surface area contributed by atoms with Crippen LogP contribution in [-0.2, 0) is 0 Å². The van der Waals surface area contributed by atoms with E-state index in [4.69, 9.17) is 0 Å². The number of rotatable bonds is 3. The summed E-state index contributed by atoms with van der Waals surface area (Å²) in [5.74, 6) is 0.957. The molecule has 0 bridgehead atoms. The van der Waals surface area contributed by atoms with Crippen molar-refractivity contribution < 1.29 is 0 Å². The molecule has 1 aromatic carbocycles. The van der Waals surface area contributed by atoms with E-state index in [-0.39, 0.29) is 0 Å². The summed E-state index contributed by atoms with van der Waals surface area (Å²) in [7, 11) is 0. The van der Waals surface area contributed by atoms with Gasteiger partial charge in [0.1, 0.15) is 5.82 Å². The Morgan fingerprint density at radius 1 is 1.26 bits per heavy atom. The Bertz CT molecular complexity index is 622. The smallest absolute Gasteiger partial charge is 0.134 e. The SMILES string of the molecule is Brc1cccc2c(NCC3=CCNCC3)nccc12. The zero-order valence-electron chi connectivity index (χ0n) is 10.6. The third kappa shape index (κ3) is 2.80. The monoisotopic (exact) mass is 317 g/mol. The van der Waals surface area contributed by atoms with Crippen molar-refractivity contribution in [3.63, 3.8) is 0 Å². The van der Waals surface area contributed by atoms with Gasteiger partial charge in [0, 0.05) is 34.5 Å². The van der Waals surface area contributed by atoms with Crippen molar-refractivity contribution in [2.24, 2.45) is 0 Å². The lowest BCUT2D eigenvalue weighted by atomic mass is 10.1. The summed E-state index contributed by atoms with van der Waals surface area (Å²) >= 11 is 3.58. The molecule has 0 radical (unpaired) electrons. The molecule has 1 aliphatic rings. The molecular weight excluding hydrogens is 302 g/mol. The summed E-state index contributed by atoms with van der Waals surface area (Å²) in [6, 6.07) is 8.24. The van der Waals surface area contributed by atoms with Crippen molar-refractivity contribution >= 4 is 32.5 Å². The highest BCUT2D eigenvalue weighted by Gasteiger charge is 2.06. The summed E-state index contributed by atoms with van der Waals surface area (Å²) in [5.41, 5.74) is 1.45. The van der Waals surface area contributed by atoms with E-state index in [1.807, 2.05) is 18.3 Å². The van der Waals surface area contributed by atoms with E-state index in [0.29, 0.717) is 0 Å². The van der Waals surface area contributed by atoms with E-state index in [1.54, 1.807) is 0 Å². The minimum absolute atomic E-state index is 0.875. The largest absolute Gasteiger partial charge is 0.366 e. The molecule has 0 saturated heterocycles. The Hall–Kier alpha value is -1.39. The molecule has 0 unspecified atom stereocenters. The van der Waals surface area contributed by atoms with Gasteiger partial charge in [-0.3, -0.25) is 0 Å². The van der Waals surface area contributed by atoms with Crippen LogP contribution in [0.25, 0.3) is 10.8 Å². The van der Waals surface area contributed by atoms with E-state index < -0.39 is 0 Å². The quantitative estimate of drug-likeness (QED) is 0.853. The van der Waals surface area contributed by atoms with Crippen LogP contribution in [0.15, 0.2) is 46.6 Å².